The first kappa shape index (κ1) is 15.7. The third-order valence-corrected chi connectivity index (χ3v) is 2.71. The van der Waals surface area contributed by atoms with Gasteiger partial charge >= 0.3 is 0 Å². The molecule has 19 heavy (non-hydrogen) atoms. The van der Waals surface area contributed by atoms with Gasteiger partial charge in [-0.3, -0.25) is 4.99 Å². The third-order valence-electron chi connectivity index (χ3n) is 2.71. The molecule has 1 rings (SSSR count). The van der Waals surface area contributed by atoms with Crippen LogP contribution in [0, 0.1) is 0 Å². The van der Waals surface area contributed by atoms with E-state index in [9.17, 15) is 0 Å². The number of hydrogen-bond donors (Lipinski definition) is 0. The fourth-order valence-electron chi connectivity index (χ4n) is 1.40. The van der Waals surface area contributed by atoms with Gasteiger partial charge in [0.2, 0.25) is 0 Å². The molecule has 0 unspecified atom stereocenters. The minimum absolute atomic E-state index is 0.614. The first-order valence-corrected chi connectivity index (χ1v) is 6.58. The summed E-state index contributed by atoms with van der Waals surface area (Å²) in [6.45, 7) is 5.20. The largest absolute Gasteiger partial charge is 0.377 e. The maximum Gasteiger partial charge on any atom is 0.0953 e. The van der Waals surface area contributed by atoms with Crippen LogP contribution in [0.3, 0.4) is 0 Å². The molecule has 0 spiro atoms. The van der Waals surface area contributed by atoms with Crippen molar-refractivity contribution in [3.63, 3.8) is 0 Å². The standard InChI is InChI=1S/C15H24N2O2/c1-14(17(2)3)16-9-10-18-11-12-19-13-15-7-5-4-6-8-15/h4-8H,9-13H2,1-3H3. The summed E-state index contributed by atoms with van der Waals surface area (Å²) in [4.78, 5) is 6.35. The summed E-state index contributed by atoms with van der Waals surface area (Å²) in [5, 5.41) is 0. The van der Waals surface area contributed by atoms with E-state index in [1.807, 2.05) is 44.1 Å². The van der Waals surface area contributed by atoms with Crippen molar-refractivity contribution in [2.75, 3.05) is 40.5 Å². The molecule has 0 atom stereocenters. The summed E-state index contributed by atoms with van der Waals surface area (Å²) in [7, 11) is 3.97. The molecule has 1 aromatic carbocycles. The second-order valence-corrected chi connectivity index (χ2v) is 4.47. The van der Waals surface area contributed by atoms with Gasteiger partial charge in [0.1, 0.15) is 0 Å². The molecule has 0 aliphatic heterocycles. The molecular formula is C15H24N2O2. The molecule has 0 fully saturated rings. The van der Waals surface area contributed by atoms with Gasteiger partial charge in [0, 0.05) is 14.1 Å². The summed E-state index contributed by atoms with van der Waals surface area (Å²) >= 11 is 0. The van der Waals surface area contributed by atoms with Crippen LogP contribution >= 0.6 is 0 Å². The highest BCUT2D eigenvalue weighted by molar-refractivity contribution is 5.79. The van der Waals surface area contributed by atoms with E-state index in [0.29, 0.717) is 33.0 Å². The fourth-order valence-corrected chi connectivity index (χ4v) is 1.40. The van der Waals surface area contributed by atoms with Crippen LogP contribution < -0.4 is 0 Å². The van der Waals surface area contributed by atoms with Crippen LogP contribution in [-0.4, -0.2) is 51.2 Å². The van der Waals surface area contributed by atoms with Gasteiger partial charge in [-0.15, -0.1) is 0 Å². The zero-order chi connectivity index (χ0) is 13.9. The number of aliphatic imine (C=N–C) groups is 1. The lowest BCUT2D eigenvalue weighted by atomic mass is 10.2. The highest BCUT2D eigenvalue weighted by Gasteiger charge is 1.94. The van der Waals surface area contributed by atoms with Crippen LogP contribution in [0.4, 0.5) is 0 Å². The zero-order valence-corrected chi connectivity index (χ0v) is 12.1. The molecule has 0 saturated carbocycles. The van der Waals surface area contributed by atoms with Crippen molar-refractivity contribution in [1.29, 1.82) is 0 Å². The lowest BCUT2D eigenvalue weighted by Gasteiger charge is -2.11. The van der Waals surface area contributed by atoms with E-state index >= 15 is 0 Å². The molecule has 4 nitrogen and oxygen atoms in total. The second kappa shape index (κ2) is 9.53. The van der Waals surface area contributed by atoms with E-state index < -0.39 is 0 Å². The van der Waals surface area contributed by atoms with Gasteiger partial charge in [0.15, 0.2) is 0 Å². The number of benzene rings is 1. The van der Waals surface area contributed by atoms with Crippen LogP contribution in [0.1, 0.15) is 12.5 Å². The molecule has 1 aromatic rings. The molecule has 106 valence electrons. The number of ether oxygens (including phenoxy) is 2. The number of nitrogens with zero attached hydrogens (tertiary/aromatic N) is 2. The molecule has 0 bridgehead atoms. The Labute approximate surface area is 116 Å². The Morgan fingerprint density at radius 1 is 1.05 bits per heavy atom. The van der Waals surface area contributed by atoms with E-state index in [4.69, 9.17) is 9.47 Å². The highest BCUT2D eigenvalue weighted by Crippen LogP contribution is 1.99. The van der Waals surface area contributed by atoms with E-state index in [1.54, 1.807) is 0 Å². The number of amidine groups is 1. The normalized spacial score (nSPS) is 11.6. The van der Waals surface area contributed by atoms with E-state index in [2.05, 4.69) is 17.1 Å². The lowest BCUT2D eigenvalue weighted by molar-refractivity contribution is 0.0434. The maximum absolute atomic E-state index is 5.52. The molecule has 0 amide bonds. The molecule has 4 heteroatoms. The summed E-state index contributed by atoms with van der Waals surface area (Å²) in [5.74, 6) is 1.02. The topological polar surface area (TPSA) is 34.1 Å². The van der Waals surface area contributed by atoms with Crippen molar-refractivity contribution in [2.45, 2.75) is 13.5 Å². The Morgan fingerprint density at radius 3 is 2.42 bits per heavy atom. The van der Waals surface area contributed by atoms with Crippen LogP contribution in [0.15, 0.2) is 35.3 Å². The first-order chi connectivity index (χ1) is 9.20. The van der Waals surface area contributed by atoms with Crippen molar-refractivity contribution >= 4 is 5.84 Å². The van der Waals surface area contributed by atoms with Gasteiger partial charge in [0.05, 0.1) is 38.8 Å². The minimum Gasteiger partial charge on any atom is -0.377 e. The smallest absolute Gasteiger partial charge is 0.0953 e. The summed E-state index contributed by atoms with van der Waals surface area (Å²) in [6.07, 6.45) is 0. The predicted octanol–water partition coefficient (Wildman–Crippen LogP) is 2.20. The minimum atomic E-state index is 0.614. The third kappa shape index (κ3) is 7.59. The molecular weight excluding hydrogens is 240 g/mol. The van der Waals surface area contributed by atoms with Crippen molar-refractivity contribution in [2.24, 2.45) is 4.99 Å². The van der Waals surface area contributed by atoms with Crippen molar-refractivity contribution in [3.8, 4) is 0 Å². The SMILES string of the molecule is CC(=NCCOCCOCc1ccccc1)N(C)C. The van der Waals surface area contributed by atoms with Gasteiger partial charge in [-0.25, -0.2) is 0 Å². The molecule has 0 heterocycles. The van der Waals surface area contributed by atoms with Gasteiger partial charge in [-0.05, 0) is 12.5 Å². The second-order valence-electron chi connectivity index (χ2n) is 4.47. The monoisotopic (exact) mass is 264 g/mol. The molecule has 0 radical (unpaired) electrons. The maximum atomic E-state index is 5.52. The highest BCUT2D eigenvalue weighted by atomic mass is 16.5. The van der Waals surface area contributed by atoms with Crippen molar-refractivity contribution < 1.29 is 9.47 Å². The van der Waals surface area contributed by atoms with Crippen molar-refractivity contribution in [1.82, 2.24) is 4.90 Å². The van der Waals surface area contributed by atoms with Crippen LogP contribution in [-0.2, 0) is 16.1 Å². The van der Waals surface area contributed by atoms with Crippen LogP contribution in [0.2, 0.25) is 0 Å². The Bertz CT molecular complexity index is 364. The van der Waals surface area contributed by atoms with Gasteiger partial charge < -0.3 is 14.4 Å². The average molecular weight is 264 g/mol. The predicted molar refractivity (Wildman–Crippen MR) is 78.6 cm³/mol. The first-order valence-electron chi connectivity index (χ1n) is 6.58. The Morgan fingerprint density at radius 2 is 1.74 bits per heavy atom. The Hall–Kier alpha value is -1.39. The Kier molecular flexibility index (Phi) is 7.86. The molecule has 0 saturated heterocycles. The van der Waals surface area contributed by atoms with Gasteiger partial charge in [-0.2, -0.15) is 0 Å². The summed E-state index contributed by atoms with van der Waals surface area (Å²) in [6, 6.07) is 10.1. The van der Waals surface area contributed by atoms with Gasteiger partial charge in [0.25, 0.3) is 0 Å². The average Bonchev–Trinajstić information content (AvgIpc) is 2.42. The van der Waals surface area contributed by atoms with Gasteiger partial charge in [-0.1, -0.05) is 30.3 Å². The summed E-state index contributed by atoms with van der Waals surface area (Å²) < 4.78 is 11.0. The number of rotatable bonds is 8. The lowest BCUT2D eigenvalue weighted by Crippen LogP contribution is -2.19. The Balaban J connectivity index is 1.96. The van der Waals surface area contributed by atoms with Crippen LogP contribution in [0.25, 0.3) is 0 Å². The quantitative estimate of drug-likeness (QED) is 0.410. The number of hydrogen-bond acceptors (Lipinski definition) is 3. The zero-order valence-electron chi connectivity index (χ0n) is 12.1. The van der Waals surface area contributed by atoms with E-state index in [-0.39, 0.29) is 0 Å². The fraction of sp³-hybridized carbons (Fsp3) is 0.533. The summed E-state index contributed by atoms with van der Waals surface area (Å²) in [5.41, 5.74) is 1.19. The molecule has 0 N–H and O–H groups in total. The molecule has 0 aliphatic carbocycles. The van der Waals surface area contributed by atoms with Crippen LogP contribution in [0.5, 0.6) is 0 Å². The van der Waals surface area contributed by atoms with E-state index in [0.717, 1.165) is 5.84 Å². The van der Waals surface area contributed by atoms with E-state index in [1.165, 1.54) is 5.56 Å². The van der Waals surface area contributed by atoms with Crippen molar-refractivity contribution in [3.05, 3.63) is 35.9 Å². The molecule has 0 aromatic heterocycles. The molecule has 0 aliphatic rings.